The maximum absolute atomic E-state index is 11.6. The van der Waals surface area contributed by atoms with Gasteiger partial charge in [0.15, 0.2) is 5.69 Å². The predicted molar refractivity (Wildman–Crippen MR) is 88.1 cm³/mol. The van der Waals surface area contributed by atoms with E-state index in [2.05, 4.69) is 9.74 Å². The summed E-state index contributed by atoms with van der Waals surface area (Å²) in [5.41, 5.74) is 1.40. The highest BCUT2D eigenvalue weighted by atomic mass is 16.5. The molecular weight excluding hydrogens is 292 g/mol. The van der Waals surface area contributed by atoms with E-state index in [1.807, 2.05) is 6.92 Å². The minimum atomic E-state index is -0.573. The lowest BCUT2D eigenvalue weighted by Crippen LogP contribution is -2.38. The smallest absolute Gasteiger partial charge is 0.306 e. The van der Waals surface area contributed by atoms with Gasteiger partial charge in [-0.25, -0.2) is 4.85 Å². The number of nitrogens with zero attached hydrogens (tertiary/aromatic N) is 2. The SMILES string of the molecule is [C-]#[N+]c1ccc([C@H](O)CN2CCC[C@H](CC(=O)OCC)C2)cc1. The van der Waals surface area contributed by atoms with Crippen LogP contribution in [0, 0.1) is 12.5 Å². The summed E-state index contributed by atoms with van der Waals surface area (Å²) in [5.74, 6) is 0.175. The van der Waals surface area contributed by atoms with Crippen LogP contribution in [0.3, 0.4) is 0 Å². The summed E-state index contributed by atoms with van der Waals surface area (Å²) < 4.78 is 5.02. The van der Waals surface area contributed by atoms with E-state index in [9.17, 15) is 9.90 Å². The van der Waals surface area contributed by atoms with Crippen molar-refractivity contribution in [2.24, 2.45) is 5.92 Å². The zero-order valence-electron chi connectivity index (χ0n) is 13.6. The van der Waals surface area contributed by atoms with Gasteiger partial charge in [0, 0.05) is 19.5 Å². The standard InChI is InChI=1S/C18H24N2O3/c1-3-23-18(22)11-14-5-4-10-20(12-14)13-17(21)15-6-8-16(19-2)9-7-15/h6-9,14,17,21H,3-5,10-13H2,1H3/t14-,17-/m1/s1. The minimum absolute atomic E-state index is 0.130. The second-order valence-electron chi connectivity index (χ2n) is 6.00. The summed E-state index contributed by atoms with van der Waals surface area (Å²) in [6.45, 7) is 11.5. The minimum Gasteiger partial charge on any atom is -0.466 e. The first-order chi connectivity index (χ1) is 11.1. The number of aliphatic hydroxyl groups excluding tert-OH is 1. The molecule has 0 aromatic heterocycles. The molecule has 1 N–H and O–H groups in total. The summed E-state index contributed by atoms with van der Waals surface area (Å²) >= 11 is 0. The van der Waals surface area contributed by atoms with Crippen molar-refractivity contribution in [3.05, 3.63) is 41.2 Å². The lowest BCUT2D eigenvalue weighted by atomic mass is 9.94. The van der Waals surface area contributed by atoms with Crippen molar-refractivity contribution >= 4 is 11.7 Å². The van der Waals surface area contributed by atoms with Crippen LogP contribution in [0.15, 0.2) is 24.3 Å². The second kappa shape index (κ2) is 8.66. The molecular formula is C18H24N2O3. The molecule has 1 fully saturated rings. The van der Waals surface area contributed by atoms with Gasteiger partial charge in [0.2, 0.25) is 0 Å². The lowest BCUT2D eigenvalue weighted by molar-refractivity contribution is -0.144. The first-order valence-corrected chi connectivity index (χ1v) is 8.15. The molecule has 0 amide bonds. The highest BCUT2D eigenvalue weighted by Gasteiger charge is 2.24. The molecule has 0 spiro atoms. The topological polar surface area (TPSA) is 54.1 Å². The molecule has 1 aromatic rings. The Balaban J connectivity index is 1.86. The number of likely N-dealkylation sites (tertiary alicyclic amines) is 1. The lowest BCUT2D eigenvalue weighted by Gasteiger charge is -2.33. The molecule has 1 saturated heterocycles. The van der Waals surface area contributed by atoms with Gasteiger partial charge >= 0.3 is 5.97 Å². The highest BCUT2D eigenvalue weighted by Crippen LogP contribution is 2.24. The zero-order chi connectivity index (χ0) is 16.7. The molecule has 1 aromatic carbocycles. The molecule has 5 nitrogen and oxygen atoms in total. The van der Waals surface area contributed by atoms with E-state index in [1.54, 1.807) is 24.3 Å². The maximum Gasteiger partial charge on any atom is 0.306 e. The number of ether oxygens (including phenoxy) is 1. The number of β-amino-alcohol motifs (C(OH)–C–C–N with tert-alkyl or cyclic N) is 1. The zero-order valence-corrected chi connectivity index (χ0v) is 13.6. The number of benzene rings is 1. The largest absolute Gasteiger partial charge is 0.466 e. The van der Waals surface area contributed by atoms with Gasteiger partial charge in [-0.05, 0) is 37.8 Å². The Morgan fingerprint density at radius 3 is 2.87 bits per heavy atom. The molecule has 0 bridgehead atoms. The van der Waals surface area contributed by atoms with Crippen molar-refractivity contribution in [1.82, 2.24) is 4.90 Å². The molecule has 0 radical (unpaired) electrons. The number of aliphatic hydroxyl groups is 1. The predicted octanol–water partition coefficient (Wildman–Crippen LogP) is 2.94. The van der Waals surface area contributed by atoms with Crippen LogP contribution in [0.5, 0.6) is 0 Å². The molecule has 2 rings (SSSR count). The number of rotatable bonds is 6. The average molecular weight is 316 g/mol. The third-order valence-electron chi connectivity index (χ3n) is 4.20. The van der Waals surface area contributed by atoms with Crippen molar-refractivity contribution in [3.63, 3.8) is 0 Å². The van der Waals surface area contributed by atoms with Crippen molar-refractivity contribution in [3.8, 4) is 0 Å². The summed E-state index contributed by atoms with van der Waals surface area (Å²) in [5, 5.41) is 10.4. The van der Waals surface area contributed by atoms with Crippen LogP contribution < -0.4 is 0 Å². The molecule has 0 aliphatic carbocycles. The number of carbonyl (C=O) groups excluding carboxylic acids is 1. The maximum atomic E-state index is 11.6. The molecule has 2 atom stereocenters. The fraction of sp³-hybridized carbons (Fsp3) is 0.556. The van der Waals surface area contributed by atoms with Crippen LogP contribution in [-0.2, 0) is 9.53 Å². The summed E-state index contributed by atoms with van der Waals surface area (Å²) in [6.07, 6.45) is 1.95. The van der Waals surface area contributed by atoms with E-state index >= 15 is 0 Å². The van der Waals surface area contributed by atoms with Gasteiger partial charge in [-0.15, -0.1) is 0 Å². The number of piperidine rings is 1. The fourth-order valence-corrected chi connectivity index (χ4v) is 3.06. The molecule has 0 unspecified atom stereocenters. The molecule has 0 saturated carbocycles. The van der Waals surface area contributed by atoms with Gasteiger partial charge in [0.1, 0.15) is 0 Å². The fourth-order valence-electron chi connectivity index (χ4n) is 3.06. The third-order valence-corrected chi connectivity index (χ3v) is 4.20. The third kappa shape index (κ3) is 5.34. The number of hydrogen-bond acceptors (Lipinski definition) is 4. The van der Waals surface area contributed by atoms with Crippen LogP contribution >= 0.6 is 0 Å². The van der Waals surface area contributed by atoms with E-state index in [-0.39, 0.29) is 5.97 Å². The van der Waals surface area contributed by atoms with Crippen molar-refractivity contribution in [2.45, 2.75) is 32.3 Å². The van der Waals surface area contributed by atoms with E-state index in [4.69, 9.17) is 11.3 Å². The quantitative estimate of drug-likeness (QED) is 0.647. The van der Waals surface area contributed by atoms with E-state index in [1.165, 1.54) is 0 Å². The average Bonchev–Trinajstić information content (AvgIpc) is 2.55. The summed E-state index contributed by atoms with van der Waals surface area (Å²) in [4.78, 5) is 17.2. The highest BCUT2D eigenvalue weighted by molar-refractivity contribution is 5.69. The van der Waals surface area contributed by atoms with Gasteiger partial charge in [-0.1, -0.05) is 24.3 Å². The first kappa shape index (κ1) is 17.5. The Morgan fingerprint density at radius 1 is 1.48 bits per heavy atom. The number of esters is 1. The number of hydrogen-bond donors (Lipinski definition) is 1. The van der Waals surface area contributed by atoms with Crippen LogP contribution in [0.4, 0.5) is 5.69 Å². The monoisotopic (exact) mass is 316 g/mol. The van der Waals surface area contributed by atoms with Gasteiger partial charge in [0.25, 0.3) is 0 Å². The van der Waals surface area contributed by atoms with Gasteiger partial charge < -0.3 is 14.7 Å². The Bertz CT molecular complexity index is 550. The Labute approximate surface area is 137 Å². The van der Waals surface area contributed by atoms with Crippen LogP contribution in [0.25, 0.3) is 4.85 Å². The number of carbonyl (C=O) groups is 1. The van der Waals surface area contributed by atoms with Crippen LogP contribution in [0.2, 0.25) is 0 Å². The molecule has 1 aliphatic heterocycles. The first-order valence-electron chi connectivity index (χ1n) is 8.15. The van der Waals surface area contributed by atoms with Crippen molar-refractivity contribution in [2.75, 3.05) is 26.2 Å². The summed E-state index contributed by atoms with van der Waals surface area (Å²) in [7, 11) is 0. The summed E-state index contributed by atoms with van der Waals surface area (Å²) in [6, 6.07) is 7.06. The molecule has 5 heteroatoms. The second-order valence-corrected chi connectivity index (χ2v) is 6.00. The molecule has 23 heavy (non-hydrogen) atoms. The Morgan fingerprint density at radius 2 is 2.22 bits per heavy atom. The molecule has 1 aliphatic rings. The van der Waals surface area contributed by atoms with Crippen molar-refractivity contribution < 1.29 is 14.6 Å². The molecule has 1 heterocycles. The van der Waals surface area contributed by atoms with Gasteiger partial charge in [0.05, 0.1) is 19.3 Å². The normalized spacial score (nSPS) is 19.8. The van der Waals surface area contributed by atoms with E-state index in [0.717, 1.165) is 31.5 Å². The van der Waals surface area contributed by atoms with Crippen molar-refractivity contribution in [1.29, 1.82) is 0 Å². The van der Waals surface area contributed by atoms with Gasteiger partial charge in [-0.2, -0.15) is 0 Å². The van der Waals surface area contributed by atoms with E-state index < -0.39 is 6.10 Å². The Hall–Kier alpha value is -1.90. The molecule has 124 valence electrons. The van der Waals surface area contributed by atoms with Crippen LogP contribution in [0.1, 0.15) is 37.9 Å². The van der Waals surface area contributed by atoms with E-state index in [0.29, 0.717) is 31.2 Å². The Kier molecular flexibility index (Phi) is 6.57. The van der Waals surface area contributed by atoms with Gasteiger partial charge in [-0.3, -0.25) is 4.79 Å². The van der Waals surface area contributed by atoms with Crippen LogP contribution in [-0.4, -0.2) is 42.2 Å².